The summed E-state index contributed by atoms with van der Waals surface area (Å²) in [5.41, 5.74) is 2.79. The number of carboxylic acids is 1. The van der Waals surface area contributed by atoms with Gasteiger partial charge in [0.15, 0.2) is 5.82 Å². The van der Waals surface area contributed by atoms with E-state index in [9.17, 15) is 18.7 Å². The van der Waals surface area contributed by atoms with Crippen LogP contribution in [0.5, 0.6) is 11.6 Å². The highest BCUT2D eigenvalue weighted by Crippen LogP contribution is 2.41. The summed E-state index contributed by atoms with van der Waals surface area (Å²) in [7, 11) is 0. The van der Waals surface area contributed by atoms with E-state index in [1.54, 1.807) is 24.5 Å². The number of anilines is 2. The molecule has 3 atom stereocenters. The van der Waals surface area contributed by atoms with Crippen molar-refractivity contribution in [2.75, 3.05) is 49.3 Å². The second-order valence-electron chi connectivity index (χ2n) is 12.1. The average Bonchev–Trinajstić information content (AvgIpc) is 3.76. The zero-order chi connectivity index (χ0) is 33.4. The van der Waals surface area contributed by atoms with E-state index in [-0.39, 0.29) is 30.5 Å². The van der Waals surface area contributed by atoms with Gasteiger partial charge in [-0.2, -0.15) is 0 Å². The number of rotatable bonds is 10. The van der Waals surface area contributed by atoms with E-state index in [1.165, 1.54) is 11.0 Å². The maximum absolute atomic E-state index is 13.9. The van der Waals surface area contributed by atoms with Crippen molar-refractivity contribution in [3.05, 3.63) is 66.7 Å². The summed E-state index contributed by atoms with van der Waals surface area (Å²) in [6.45, 7) is 6.66. The number of ether oxygens (including phenoxy) is 4. The fourth-order valence-corrected chi connectivity index (χ4v) is 6.58. The molecule has 4 aromatic rings. The zero-order valence-electron chi connectivity index (χ0n) is 26.5. The largest absolute Gasteiger partial charge is 0.494 e. The summed E-state index contributed by atoms with van der Waals surface area (Å²) in [4.78, 5) is 32.0. The normalized spacial score (nSPS) is 21.8. The minimum Gasteiger partial charge on any atom is -0.494 e. The van der Waals surface area contributed by atoms with Crippen LogP contribution in [0.2, 0.25) is 0 Å². The number of hydrogen-bond donors (Lipinski definition) is 2. The lowest BCUT2D eigenvalue weighted by Crippen LogP contribution is -2.68. The molecule has 0 unspecified atom stereocenters. The van der Waals surface area contributed by atoms with Gasteiger partial charge in [-0.05, 0) is 49.7 Å². The predicted molar refractivity (Wildman–Crippen MR) is 172 cm³/mol. The molecule has 3 aromatic heterocycles. The molecule has 7 rings (SSSR count). The maximum atomic E-state index is 13.9. The predicted octanol–water partition coefficient (Wildman–Crippen LogP) is 4.98. The number of carbonyl (C=O) groups is 1. The molecule has 48 heavy (non-hydrogen) atoms. The van der Waals surface area contributed by atoms with Crippen LogP contribution in [-0.4, -0.2) is 94.3 Å². The van der Waals surface area contributed by atoms with E-state index in [2.05, 4.69) is 26.8 Å². The number of benzene rings is 1. The van der Waals surface area contributed by atoms with Crippen molar-refractivity contribution in [1.29, 1.82) is 0 Å². The molecule has 12 nitrogen and oxygen atoms in total. The molecule has 252 valence electrons. The summed E-state index contributed by atoms with van der Waals surface area (Å²) in [6.07, 6.45) is -0.131. The van der Waals surface area contributed by atoms with Gasteiger partial charge in [0.2, 0.25) is 5.88 Å². The first-order valence-corrected chi connectivity index (χ1v) is 15.9. The molecule has 3 saturated heterocycles. The number of aromatic amines is 1. The standard InChI is InChI=1S/C34H36F2N6O6/c1-3-46-23-7-4-6-21(12-23)22-13-27(41-10-11-47-34(20(41)2)18-45-19-34)32(38-16-22)48-24-14-28(33(43)44)42(17-24)29-15-26(25-8-5-9-37-25)39-31(40-29)30(35)36/h4-9,12-13,15-16,20,24,28,30,37H,3,10-11,14,17-19H2,1-2H3,(H,43,44)/t20-,24-,28-/m0/s1. The summed E-state index contributed by atoms with van der Waals surface area (Å²) < 4.78 is 51.8. The molecule has 0 aliphatic carbocycles. The number of halogens is 2. The minimum absolute atomic E-state index is 0.0683. The number of aliphatic carboxylic acids is 1. The molecule has 0 radical (unpaired) electrons. The quantitative estimate of drug-likeness (QED) is 0.238. The Bertz CT molecular complexity index is 1770. The van der Waals surface area contributed by atoms with Gasteiger partial charge in [-0.25, -0.2) is 28.5 Å². The van der Waals surface area contributed by atoms with Crippen molar-refractivity contribution in [2.45, 2.75) is 50.5 Å². The molecule has 3 aliphatic rings. The van der Waals surface area contributed by atoms with Crippen LogP contribution in [0.15, 0.2) is 60.9 Å². The average molecular weight is 663 g/mol. The number of alkyl halides is 2. The highest BCUT2D eigenvalue weighted by molar-refractivity contribution is 5.79. The van der Waals surface area contributed by atoms with Gasteiger partial charge in [-0.15, -0.1) is 0 Å². The van der Waals surface area contributed by atoms with Crippen LogP contribution in [0, 0.1) is 0 Å². The molecule has 0 amide bonds. The zero-order valence-corrected chi connectivity index (χ0v) is 26.5. The molecule has 6 heterocycles. The van der Waals surface area contributed by atoms with Crippen molar-refractivity contribution < 1.29 is 37.6 Å². The third-order valence-corrected chi connectivity index (χ3v) is 9.18. The Balaban J connectivity index is 1.22. The van der Waals surface area contributed by atoms with Crippen LogP contribution in [0.4, 0.5) is 20.3 Å². The summed E-state index contributed by atoms with van der Waals surface area (Å²) in [6, 6.07) is 13.6. The molecule has 1 spiro atoms. The van der Waals surface area contributed by atoms with Gasteiger partial charge in [-0.3, -0.25) is 0 Å². The first-order valence-electron chi connectivity index (χ1n) is 15.9. The SMILES string of the molecule is CCOc1cccc(-c2cnc(O[C@H]3C[C@@H](C(=O)O)N(c4cc(-c5ccc[nH]5)nc(C(F)F)n4)C3)c(N3CCOC4(COC4)[C@@H]3C)c2)c1. The lowest BCUT2D eigenvalue weighted by atomic mass is 9.90. The second kappa shape index (κ2) is 13.0. The van der Waals surface area contributed by atoms with Gasteiger partial charge >= 0.3 is 5.97 Å². The summed E-state index contributed by atoms with van der Waals surface area (Å²) in [5, 5.41) is 10.2. The van der Waals surface area contributed by atoms with Crippen LogP contribution in [0.3, 0.4) is 0 Å². The van der Waals surface area contributed by atoms with Gasteiger partial charge in [0.25, 0.3) is 6.43 Å². The van der Waals surface area contributed by atoms with Crippen molar-refractivity contribution in [1.82, 2.24) is 19.9 Å². The number of hydrogen-bond acceptors (Lipinski definition) is 10. The molecule has 3 fully saturated rings. The summed E-state index contributed by atoms with van der Waals surface area (Å²) >= 11 is 0. The Kier molecular flexibility index (Phi) is 8.60. The van der Waals surface area contributed by atoms with Crippen molar-refractivity contribution in [3.8, 4) is 34.1 Å². The molecule has 2 N–H and O–H groups in total. The van der Waals surface area contributed by atoms with Gasteiger partial charge < -0.3 is 38.8 Å². The first kappa shape index (κ1) is 31.8. The lowest BCUT2D eigenvalue weighted by Gasteiger charge is -2.53. The number of nitrogens with zero attached hydrogens (tertiary/aromatic N) is 5. The molecule has 3 aliphatic heterocycles. The van der Waals surface area contributed by atoms with Crippen molar-refractivity contribution in [2.24, 2.45) is 0 Å². The number of carboxylic acid groups (broad SMARTS) is 1. The molecular weight excluding hydrogens is 626 g/mol. The minimum atomic E-state index is -2.95. The monoisotopic (exact) mass is 662 g/mol. The Labute approximate surface area is 275 Å². The molecule has 0 bridgehead atoms. The van der Waals surface area contributed by atoms with Gasteiger partial charge in [0, 0.05) is 37.0 Å². The van der Waals surface area contributed by atoms with Crippen LogP contribution in [-0.2, 0) is 14.3 Å². The molecule has 1 aromatic carbocycles. The molecule has 0 saturated carbocycles. The fraction of sp³-hybridized carbons (Fsp3) is 0.412. The van der Waals surface area contributed by atoms with Gasteiger partial charge in [0.1, 0.15) is 35.0 Å². The van der Waals surface area contributed by atoms with Crippen LogP contribution < -0.4 is 19.3 Å². The Morgan fingerprint density at radius 2 is 2.00 bits per heavy atom. The van der Waals surface area contributed by atoms with E-state index in [1.807, 2.05) is 37.3 Å². The smallest absolute Gasteiger partial charge is 0.326 e. The van der Waals surface area contributed by atoms with E-state index >= 15 is 0 Å². The Hall–Kier alpha value is -4.82. The highest BCUT2D eigenvalue weighted by atomic mass is 19.3. The van der Waals surface area contributed by atoms with Crippen molar-refractivity contribution >= 4 is 17.5 Å². The van der Waals surface area contributed by atoms with Crippen molar-refractivity contribution in [3.63, 3.8) is 0 Å². The van der Waals surface area contributed by atoms with Crippen LogP contribution in [0.25, 0.3) is 22.5 Å². The number of pyridine rings is 1. The first-order chi connectivity index (χ1) is 23.2. The lowest BCUT2D eigenvalue weighted by molar-refractivity contribution is -0.228. The highest BCUT2D eigenvalue weighted by Gasteiger charge is 2.50. The number of nitrogens with one attached hydrogen (secondary N) is 1. The van der Waals surface area contributed by atoms with Crippen LogP contribution >= 0.6 is 0 Å². The van der Waals surface area contributed by atoms with Crippen LogP contribution in [0.1, 0.15) is 32.5 Å². The maximum Gasteiger partial charge on any atom is 0.326 e. The molecule has 14 heteroatoms. The molecular formula is C34H36F2N6O6. The number of morpholine rings is 1. The number of H-pyrrole nitrogens is 1. The number of aromatic nitrogens is 4. The van der Waals surface area contributed by atoms with E-state index < -0.39 is 36.0 Å². The third kappa shape index (κ3) is 6.01. The van der Waals surface area contributed by atoms with Gasteiger partial charge in [0.05, 0.1) is 50.4 Å². The fourth-order valence-electron chi connectivity index (χ4n) is 6.58. The Morgan fingerprint density at radius 3 is 2.71 bits per heavy atom. The van der Waals surface area contributed by atoms with E-state index in [0.29, 0.717) is 44.5 Å². The third-order valence-electron chi connectivity index (χ3n) is 9.18. The second-order valence-corrected chi connectivity index (χ2v) is 12.1. The van der Waals surface area contributed by atoms with Gasteiger partial charge in [-0.1, -0.05) is 12.1 Å². The summed E-state index contributed by atoms with van der Waals surface area (Å²) in [5.74, 6) is -0.648. The Morgan fingerprint density at radius 1 is 1.15 bits per heavy atom. The topological polar surface area (TPSA) is 135 Å². The van der Waals surface area contributed by atoms with E-state index in [4.69, 9.17) is 23.9 Å². The van der Waals surface area contributed by atoms with E-state index in [0.717, 1.165) is 22.6 Å².